The molecule has 3 aliphatic heterocycles. The minimum Gasteiger partial charge on any atom is -0.481 e. The van der Waals surface area contributed by atoms with E-state index in [0.29, 0.717) is 11.1 Å². The Morgan fingerprint density at radius 3 is 2.66 bits per heavy atom. The van der Waals surface area contributed by atoms with Crippen LogP contribution in [-0.2, 0) is 19.2 Å². The Kier molecular flexibility index (Phi) is 8.81. The third-order valence-electron chi connectivity index (χ3n) is 7.91. The molecule has 2 N–H and O–H groups in total. The normalized spacial score (nSPS) is 23.8. The molecule has 2 saturated heterocycles. The summed E-state index contributed by atoms with van der Waals surface area (Å²) in [5, 5.41) is 15.5. The summed E-state index contributed by atoms with van der Waals surface area (Å²) in [7, 11) is 0. The van der Waals surface area contributed by atoms with Crippen LogP contribution in [0.25, 0.3) is 0 Å². The number of esters is 1. The van der Waals surface area contributed by atoms with Crippen LogP contribution in [0.3, 0.4) is 0 Å². The molecule has 3 unspecified atom stereocenters. The first-order valence-electron chi connectivity index (χ1n) is 13.8. The van der Waals surface area contributed by atoms with Gasteiger partial charge in [-0.1, -0.05) is 6.07 Å². The van der Waals surface area contributed by atoms with Gasteiger partial charge in [0.15, 0.2) is 28.3 Å². The lowest BCUT2D eigenvalue weighted by molar-refractivity contribution is -0.186. The van der Waals surface area contributed by atoms with Crippen LogP contribution in [0.1, 0.15) is 43.8 Å². The Balaban J connectivity index is 1.52. The number of carbonyl (C=O) groups excluding carboxylic acids is 1. The molecule has 2 fully saturated rings. The molecule has 1 aromatic carbocycles. The molecule has 44 heavy (non-hydrogen) atoms. The van der Waals surface area contributed by atoms with Gasteiger partial charge in [-0.25, -0.2) is 31.7 Å². The van der Waals surface area contributed by atoms with Crippen LogP contribution < -0.4 is 5.32 Å². The molecule has 238 valence electrons. The van der Waals surface area contributed by atoms with E-state index in [1.165, 1.54) is 31.9 Å². The van der Waals surface area contributed by atoms with E-state index in [4.69, 9.17) is 9.57 Å². The summed E-state index contributed by atoms with van der Waals surface area (Å²) in [5.41, 5.74) is -1.85. The molecule has 2 aromatic rings. The summed E-state index contributed by atoms with van der Waals surface area (Å²) in [6, 6.07) is -2.12. The van der Waals surface area contributed by atoms with Gasteiger partial charge in [-0.2, -0.15) is 5.06 Å². The molecule has 1 aromatic heterocycles. The second-order valence-electron chi connectivity index (χ2n) is 11.3. The number of hydrogen-bond donors (Lipinski definition) is 2. The Hall–Kier alpha value is -3.47. The number of hydrogen-bond acceptors (Lipinski definition) is 10. The van der Waals surface area contributed by atoms with Gasteiger partial charge in [0.05, 0.1) is 36.8 Å². The number of carboxylic acids is 1. The average molecular weight is 644 g/mol. The number of aromatic nitrogens is 1. The number of aliphatic carboxylic acids is 1. The number of rotatable bonds is 10. The van der Waals surface area contributed by atoms with Crippen molar-refractivity contribution < 1.29 is 46.2 Å². The van der Waals surface area contributed by atoms with Crippen LogP contribution in [0.4, 0.5) is 22.0 Å². The molecule has 0 amide bonds. The maximum Gasteiger partial charge on any atom is 0.338 e. The number of nitrogens with one attached hydrogen (secondary N) is 1. The van der Waals surface area contributed by atoms with E-state index in [0.717, 1.165) is 22.5 Å². The van der Waals surface area contributed by atoms with Crippen molar-refractivity contribution in [2.75, 3.05) is 32.8 Å². The number of thiazole rings is 1. The number of ether oxygens (including phenoxy) is 1. The minimum absolute atomic E-state index is 0.0414. The predicted molar refractivity (Wildman–Crippen MR) is 147 cm³/mol. The van der Waals surface area contributed by atoms with Crippen LogP contribution in [-0.4, -0.2) is 88.7 Å². The van der Waals surface area contributed by atoms with Crippen LogP contribution in [0.2, 0.25) is 0 Å². The van der Waals surface area contributed by atoms with Gasteiger partial charge in [-0.15, -0.1) is 11.3 Å². The van der Waals surface area contributed by atoms with Gasteiger partial charge in [0, 0.05) is 35.9 Å². The highest BCUT2D eigenvalue weighted by Crippen LogP contribution is 2.42. The first kappa shape index (κ1) is 31.9. The van der Waals surface area contributed by atoms with E-state index in [1.54, 1.807) is 5.38 Å². The quantitative estimate of drug-likeness (QED) is 0.226. The van der Waals surface area contributed by atoms with Gasteiger partial charge >= 0.3 is 11.9 Å². The maximum atomic E-state index is 15.5. The molecule has 3 aliphatic rings. The Labute approximate surface area is 253 Å². The van der Waals surface area contributed by atoms with Gasteiger partial charge in [0.25, 0.3) is 5.92 Å². The van der Waals surface area contributed by atoms with E-state index in [9.17, 15) is 23.5 Å². The molecular weight excluding hydrogens is 613 g/mol. The van der Waals surface area contributed by atoms with Crippen LogP contribution in [0.5, 0.6) is 0 Å². The highest BCUT2D eigenvalue weighted by molar-refractivity contribution is 7.11. The fourth-order valence-corrected chi connectivity index (χ4v) is 6.07. The summed E-state index contributed by atoms with van der Waals surface area (Å²) < 4.78 is 79.6. The van der Waals surface area contributed by atoms with Crippen molar-refractivity contribution >= 4 is 29.1 Å². The first-order chi connectivity index (χ1) is 20.7. The third-order valence-corrected chi connectivity index (χ3v) is 8.69. The molecule has 0 spiro atoms. The Bertz CT molecular complexity index is 1500. The lowest BCUT2D eigenvalue weighted by Gasteiger charge is -2.30. The smallest absolute Gasteiger partial charge is 0.338 e. The molecule has 5 rings (SSSR count). The van der Waals surface area contributed by atoms with Crippen molar-refractivity contribution in [2.45, 2.75) is 51.2 Å². The second-order valence-corrected chi connectivity index (χ2v) is 12.2. The van der Waals surface area contributed by atoms with E-state index in [-0.39, 0.29) is 49.8 Å². The number of hydroxylamine groups is 2. The largest absolute Gasteiger partial charge is 0.481 e. The predicted octanol–water partition coefficient (Wildman–Crippen LogP) is 3.90. The SMILES string of the molecule is CCOC(=O)C1=C(CN2CC(F)(F)C3C2CON3CCC(C)(C)C(=O)O)NC(c2nccs2)=NC1c1ccc(F)c(F)c1F. The van der Waals surface area contributed by atoms with Crippen molar-refractivity contribution in [2.24, 2.45) is 10.4 Å². The summed E-state index contributed by atoms with van der Waals surface area (Å²) in [6.07, 6.45) is 1.53. The monoisotopic (exact) mass is 643 g/mol. The summed E-state index contributed by atoms with van der Waals surface area (Å²) >= 11 is 1.15. The Morgan fingerprint density at radius 1 is 1.25 bits per heavy atom. The third kappa shape index (κ3) is 5.95. The number of carbonyl (C=O) groups is 2. The number of halogens is 5. The summed E-state index contributed by atoms with van der Waals surface area (Å²) in [4.78, 5) is 40.5. The number of likely N-dealkylation sites (tertiary alicyclic amines) is 1. The van der Waals surface area contributed by atoms with Crippen molar-refractivity contribution in [3.05, 3.63) is 63.0 Å². The summed E-state index contributed by atoms with van der Waals surface area (Å²) in [6.45, 7) is 3.21. The number of aliphatic imine (C=N–C) groups is 1. The van der Waals surface area contributed by atoms with Crippen molar-refractivity contribution in [1.82, 2.24) is 20.3 Å². The molecule has 0 bridgehead atoms. The highest BCUT2D eigenvalue weighted by Gasteiger charge is 2.61. The van der Waals surface area contributed by atoms with Crippen LogP contribution in [0, 0.1) is 22.9 Å². The van der Waals surface area contributed by atoms with E-state index >= 15 is 13.2 Å². The number of benzene rings is 1. The molecule has 0 saturated carbocycles. The van der Waals surface area contributed by atoms with Crippen molar-refractivity contribution in [3.63, 3.8) is 0 Å². The van der Waals surface area contributed by atoms with E-state index in [1.807, 2.05) is 0 Å². The van der Waals surface area contributed by atoms with Gasteiger partial charge < -0.3 is 15.2 Å². The lowest BCUT2D eigenvalue weighted by atomic mass is 9.89. The molecule has 4 heterocycles. The van der Waals surface area contributed by atoms with Crippen LogP contribution >= 0.6 is 11.3 Å². The first-order valence-corrected chi connectivity index (χ1v) is 14.7. The number of carboxylic acid groups (broad SMARTS) is 1. The topological polar surface area (TPSA) is 117 Å². The van der Waals surface area contributed by atoms with E-state index in [2.05, 4.69) is 15.3 Å². The zero-order valence-electron chi connectivity index (χ0n) is 24.0. The van der Waals surface area contributed by atoms with Gasteiger partial charge in [-0.05, 0) is 33.3 Å². The number of alkyl halides is 2. The van der Waals surface area contributed by atoms with Crippen molar-refractivity contribution in [3.8, 4) is 0 Å². The molecule has 16 heteroatoms. The minimum atomic E-state index is -3.29. The number of amidine groups is 1. The molecule has 3 atom stereocenters. The van der Waals surface area contributed by atoms with Crippen LogP contribution in [0.15, 0.2) is 40.0 Å². The lowest BCUT2D eigenvalue weighted by Crippen LogP contribution is -2.46. The summed E-state index contributed by atoms with van der Waals surface area (Å²) in [5.74, 6) is -9.99. The fourth-order valence-electron chi connectivity index (χ4n) is 5.49. The molecular formula is C28H30F5N5O5S. The van der Waals surface area contributed by atoms with Gasteiger partial charge in [0.1, 0.15) is 12.1 Å². The van der Waals surface area contributed by atoms with Gasteiger partial charge in [0.2, 0.25) is 0 Å². The number of nitrogens with zero attached hydrogens (tertiary/aromatic N) is 4. The average Bonchev–Trinajstić information content (AvgIpc) is 3.70. The van der Waals surface area contributed by atoms with E-state index < -0.39 is 71.0 Å². The fraction of sp³-hybridized carbons (Fsp3) is 0.500. The standard InChI is InChI=1S/C28H30F5N5O5S/c1-4-42-25(39)18-16(11-37-13-28(32,33)22-17(37)12-43-38(22)9-7-27(2,3)26(40)41)35-23(24-34-8-10-44-24)36-21(18)14-5-6-15(29)20(31)19(14)30/h5-6,8,10,17,21-22H,4,7,9,11-13H2,1-3H3,(H,35,36)(H,40,41). The zero-order valence-corrected chi connectivity index (χ0v) is 24.8. The molecule has 10 nitrogen and oxygen atoms in total. The molecule has 0 aliphatic carbocycles. The maximum absolute atomic E-state index is 15.5. The Morgan fingerprint density at radius 2 is 2.00 bits per heavy atom. The number of fused-ring (bicyclic) bond motifs is 1. The van der Waals surface area contributed by atoms with Crippen molar-refractivity contribution in [1.29, 1.82) is 0 Å². The molecule has 0 radical (unpaired) electrons. The zero-order chi connectivity index (χ0) is 32.0. The highest BCUT2D eigenvalue weighted by atomic mass is 32.1. The van der Waals surface area contributed by atoms with Gasteiger partial charge in [-0.3, -0.25) is 19.5 Å². The second kappa shape index (κ2) is 12.1.